The van der Waals surface area contributed by atoms with Crippen molar-refractivity contribution in [3.63, 3.8) is 0 Å². The maximum absolute atomic E-state index is 9.85. The van der Waals surface area contributed by atoms with Gasteiger partial charge in [0.2, 0.25) is 0 Å². The number of aromatic nitrogens is 4. The Hall–Kier alpha value is -1.81. The molecule has 9 nitrogen and oxygen atoms in total. The number of nitrogens with zero attached hydrogens (tertiary/aromatic N) is 4. The van der Waals surface area contributed by atoms with E-state index in [9.17, 15) is 5.11 Å². The fourth-order valence-corrected chi connectivity index (χ4v) is 2.23. The topological polar surface area (TPSA) is 145 Å². The number of ether oxygens (including phenoxy) is 1. The number of fused-ring (bicyclic) bond motifs is 1. The van der Waals surface area contributed by atoms with E-state index in [1.54, 1.807) is 4.57 Å². The molecule has 1 saturated heterocycles. The molecule has 0 aliphatic carbocycles. The van der Waals surface area contributed by atoms with Crippen LogP contribution in [-0.2, 0) is 4.74 Å². The molecule has 9 heteroatoms. The smallest absolute Gasteiger partial charge is 0.167 e. The van der Waals surface area contributed by atoms with Gasteiger partial charge in [0, 0.05) is 0 Å². The third kappa shape index (κ3) is 1.75. The minimum Gasteiger partial charge on any atom is -0.394 e. The van der Waals surface area contributed by atoms with E-state index in [-0.39, 0.29) is 12.4 Å². The van der Waals surface area contributed by atoms with Gasteiger partial charge in [0.15, 0.2) is 17.7 Å². The lowest BCUT2D eigenvalue weighted by atomic mass is 10.1. The van der Waals surface area contributed by atoms with Crippen molar-refractivity contribution in [3.8, 4) is 0 Å². The SMILES string of the molecule is Nc1ncnc2c1ncn2[C@@H]1O[C@H](CO)C(O)C1N. The molecular weight excluding hydrogens is 252 g/mol. The molecule has 1 aliphatic heterocycles. The average Bonchev–Trinajstić information content (AvgIpc) is 2.94. The number of imidazole rings is 1. The summed E-state index contributed by atoms with van der Waals surface area (Å²) in [4.78, 5) is 12.0. The van der Waals surface area contributed by atoms with Crippen LogP contribution in [0.15, 0.2) is 12.7 Å². The van der Waals surface area contributed by atoms with Gasteiger partial charge in [-0.15, -0.1) is 0 Å². The van der Waals surface area contributed by atoms with E-state index in [0.717, 1.165) is 0 Å². The van der Waals surface area contributed by atoms with Crippen molar-refractivity contribution in [3.05, 3.63) is 12.7 Å². The van der Waals surface area contributed by atoms with Crippen molar-refractivity contribution in [2.45, 2.75) is 24.5 Å². The number of rotatable bonds is 2. The van der Waals surface area contributed by atoms with Gasteiger partial charge >= 0.3 is 0 Å². The summed E-state index contributed by atoms with van der Waals surface area (Å²) in [5.74, 6) is 0.259. The highest BCUT2D eigenvalue weighted by molar-refractivity contribution is 5.81. The van der Waals surface area contributed by atoms with Gasteiger partial charge in [-0.1, -0.05) is 0 Å². The third-order valence-corrected chi connectivity index (χ3v) is 3.26. The Kier molecular flexibility index (Phi) is 2.82. The van der Waals surface area contributed by atoms with Gasteiger partial charge in [-0.25, -0.2) is 15.0 Å². The lowest BCUT2D eigenvalue weighted by Gasteiger charge is -2.17. The Balaban J connectivity index is 2.04. The van der Waals surface area contributed by atoms with Crippen molar-refractivity contribution >= 4 is 17.0 Å². The van der Waals surface area contributed by atoms with Crippen molar-refractivity contribution in [1.82, 2.24) is 19.5 Å². The van der Waals surface area contributed by atoms with Crippen LogP contribution in [0.25, 0.3) is 11.2 Å². The van der Waals surface area contributed by atoms with Gasteiger partial charge < -0.3 is 26.4 Å². The summed E-state index contributed by atoms with van der Waals surface area (Å²) < 4.78 is 7.10. The number of nitrogens with two attached hydrogens (primary N) is 2. The maximum atomic E-state index is 9.85. The Morgan fingerprint density at radius 3 is 2.84 bits per heavy atom. The summed E-state index contributed by atoms with van der Waals surface area (Å²) >= 11 is 0. The molecule has 6 N–H and O–H groups in total. The van der Waals surface area contributed by atoms with Crippen LogP contribution in [0, 0.1) is 0 Å². The highest BCUT2D eigenvalue weighted by atomic mass is 16.5. The monoisotopic (exact) mass is 266 g/mol. The summed E-state index contributed by atoms with van der Waals surface area (Å²) in [6.07, 6.45) is 0.456. The minimum atomic E-state index is -0.952. The van der Waals surface area contributed by atoms with Gasteiger partial charge in [0.25, 0.3) is 0 Å². The average molecular weight is 266 g/mol. The molecule has 4 atom stereocenters. The van der Waals surface area contributed by atoms with Crippen molar-refractivity contribution in [2.24, 2.45) is 5.73 Å². The fraction of sp³-hybridized carbons (Fsp3) is 0.500. The first-order valence-corrected chi connectivity index (χ1v) is 5.76. The number of hydrogen-bond acceptors (Lipinski definition) is 8. The second-order valence-electron chi connectivity index (χ2n) is 4.40. The second kappa shape index (κ2) is 4.38. The molecule has 3 rings (SSSR count). The summed E-state index contributed by atoms with van der Waals surface area (Å²) in [5, 5.41) is 19.0. The molecule has 0 bridgehead atoms. The zero-order valence-electron chi connectivity index (χ0n) is 9.92. The normalized spacial score (nSPS) is 31.1. The van der Waals surface area contributed by atoms with Crippen LogP contribution in [-0.4, -0.2) is 54.6 Å². The van der Waals surface area contributed by atoms with E-state index < -0.39 is 24.5 Å². The summed E-state index contributed by atoms with van der Waals surface area (Å²) in [7, 11) is 0. The van der Waals surface area contributed by atoms with Crippen LogP contribution in [0.5, 0.6) is 0 Å². The Bertz CT molecular complexity index is 602. The lowest BCUT2D eigenvalue weighted by molar-refractivity contribution is -0.0437. The zero-order chi connectivity index (χ0) is 13.6. The molecule has 2 aromatic heterocycles. The molecule has 1 aliphatic rings. The fourth-order valence-electron chi connectivity index (χ4n) is 2.23. The van der Waals surface area contributed by atoms with Gasteiger partial charge in [-0.3, -0.25) is 4.57 Å². The largest absolute Gasteiger partial charge is 0.394 e. The van der Waals surface area contributed by atoms with E-state index in [0.29, 0.717) is 11.2 Å². The van der Waals surface area contributed by atoms with Crippen LogP contribution >= 0.6 is 0 Å². The molecule has 0 saturated carbocycles. The third-order valence-electron chi connectivity index (χ3n) is 3.26. The second-order valence-corrected chi connectivity index (χ2v) is 4.40. The van der Waals surface area contributed by atoms with Crippen LogP contribution in [0.2, 0.25) is 0 Å². The van der Waals surface area contributed by atoms with Crippen molar-refractivity contribution in [2.75, 3.05) is 12.3 Å². The molecule has 3 heterocycles. The Labute approximate surface area is 107 Å². The van der Waals surface area contributed by atoms with Gasteiger partial charge in [0.1, 0.15) is 24.1 Å². The first kappa shape index (κ1) is 12.2. The first-order chi connectivity index (χ1) is 9.13. The van der Waals surface area contributed by atoms with E-state index in [1.165, 1.54) is 12.7 Å². The van der Waals surface area contributed by atoms with Crippen LogP contribution in [0.1, 0.15) is 6.23 Å². The predicted octanol–water partition coefficient (Wildman–Crippen LogP) is -2.01. The molecular formula is C10H14N6O3. The molecule has 0 aromatic carbocycles. The van der Waals surface area contributed by atoms with Crippen LogP contribution in [0.3, 0.4) is 0 Å². The molecule has 0 radical (unpaired) electrons. The highest BCUT2D eigenvalue weighted by Gasteiger charge is 2.42. The summed E-state index contributed by atoms with van der Waals surface area (Å²) in [6.45, 7) is -0.310. The van der Waals surface area contributed by atoms with Gasteiger partial charge in [0.05, 0.1) is 19.0 Å². The number of aliphatic hydroxyl groups excluding tert-OH is 2. The highest BCUT2D eigenvalue weighted by Crippen LogP contribution is 2.30. The number of aliphatic hydroxyl groups is 2. The zero-order valence-corrected chi connectivity index (χ0v) is 9.92. The molecule has 1 fully saturated rings. The van der Waals surface area contributed by atoms with Gasteiger partial charge in [-0.2, -0.15) is 0 Å². The number of nitrogen functional groups attached to an aromatic ring is 1. The maximum Gasteiger partial charge on any atom is 0.167 e. The first-order valence-electron chi connectivity index (χ1n) is 5.76. The van der Waals surface area contributed by atoms with Crippen molar-refractivity contribution < 1.29 is 14.9 Å². The molecule has 2 aromatic rings. The Morgan fingerprint density at radius 2 is 2.16 bits per heavy atom. The van der Waals surface area contributed by atoms with E-state index >= 15 is 0 Å². The van der Waals surface area contributed by atoms with Crippen LogP contribution in [0.4, 0.5) is 5.82 Å². The summed E-state index contributed by atoms with van der Waals surface area (Å²) in [6, 6.07) is -0.689. The van der Waals surface area contributed by atoms with Crippen molar-refractivity contribution in [1.29, 1.82) is 0 Å². The predicted molar refractivity (Wildman–Crippen MR) is 64.7 cm³/mol. The Morgan fingerprint density at radius 1 is 1.37 bits per heavy atom. The summed E-state index contributed by atoms with van der Waals surface area (Å²) in [5.41, 5.74) is 12.5. The minimum absolute atomic E-state index is 0.259. The lowest BCUT2D eigenvalue weighted by Crippen LogP contribution is -2.39. The molecule has 19 heavy (non-hydrogen) atoms. The van der Waals surface area contributed by atoms with Crippen LogP contribution < -0.4 is 11.5 Å². The van der Waals surface area contributed by atoms with E-state index in [2.05, 4.69) is 15.0 Å². The number of anilines is 1. The molecule has 0 amide bonds. The van der Waals surface area contributed by atoms with E-state index in [1.807, 2.05) is 0 Å². The van der Waals surface area contributed by atoms with Gasteiger partial charge in [-0.05, 0) is 0 Å². The standard InChI is InChI=1S/C10H14N6O3/c11-5-7(18)4(1-17)19-10(5)16-3-15-6-8(12)13-2-14-9(6)16/h2-5,7,10,17-18H,1,11H2,(H2,12,13,14)/t4-,5?,7?,10-/m1/s1. The van der Waals surface area contributed by atoms with E-state index in [4.69, 9.17) is 21.3 Å². The quantitative estimate of drug-likeness (QED) is 0.487. The molecule has 0 spiro atoms. The molecule has 2 unspecified atom stereocenters. The molecule has 102 valence electrons. The number of hydrogen-bond donors (Lipinski definition) is 4.